The van der Waals surface area contributed by atoms with Gasteiger partial charge in [0.05, 0.1) is 0 Å². The highest BCUT2D eigenvalue weighted by Gasteiger charge is 1.89. The molecule has 0 unspecified atom stereocenters. The normalized spacial score (nSPS) is 9.33. The Morgan fingerprint density at radius 1 is 1.75 bits per heavy atom. The summed E-state index contributed by atoms with van der Waals surface area (Å²) in [6, 6.07) is 0. The Kier molecular flexibility index (Phi) is 5.54. The largest absolute Gasteiger partial charge is 0.477 e. The summed E-state index contributed by atoms with van der Waals surface area (Å²) in [6.07, 6.45) is 2.33. The van der Waals surface area contributed by atoms with Crippen LogP contribution in [0, 0.1) is 0 Å². The standard InChI is InChI=1S/C6H9N3O2S/c1-2-3-7-6(12)9-8-4-5(10)11/h2,4H,1,3H2,(H,10,11)(H2,7,9,12)/b8-4-. The van der Waals surface area contributed by atoms with Crippen molar-refractivity contribution in [2.75, 3.05) is 6.54 Å². The minimum Gasteiger partial charge on any atom is -0.477 e. The number of carboxylic acid groups (broad SMARTS) is 1. The van der Waals surface area contributed by atoms with Crippen molar-refractivity contribution in [2.24, 2.45) is 5.10 Å². The molecule has 0 amide bonds. The maximum absolute atomic E-state index is 9.93. The lowest BCUT2D eigenvalue weighted by molar-refractivity contribution is -0.128. The van der Waals surface area contributed by atoms with E-state index in [1.165, 1.54) is 0 Å². The molecule has 5 nitrogen and oxygen atoms in total. The highest BCUT2D eigenvalue weighted by Crippen LogP contribution is 1.67. The lowest BCUT2D eigenvalue weighted by Gasteiger charge is -2.01. The van der Waals surface area contributed by atoms with Crippen molar-refractivity contribution in [3.05, 3.63) is 12.7 Å². The number of nitrogens with one attached hydrogen (secondary N) is 2. The Morgan fingerprint density at radius 3 is 2.92 bits per heavy atom. The zero-order valence-electron chi connectivity index (χ0n) is 6.28. The minimum atomic E-state index is -1.13. The summed E-state index contributed by atoms with van der Waals surface area (Å²) < 4.78 is 0. The van der Waals surface area contributed by atoms with E-state index < -0.39 is 5.97 Å². The van der Waals surface area contributed by atoms with Gasteiger partial charge >= 0.3 is 5.97 Å². The van der Waals surface area contributed by atoms with E-state index >= 15 is 0 Å². The SMILES string of the molecule is C=CCNC(=S)N/N=C\C(=O)O. The van der Waals surface area contributed by atoms with E-state index in [4.69, 9.17) is 17.3 Å². The molecule has 0 aliphatic heterocycles. The van der Waals surface area contributed by atoms with Crippen LogP contribution < -0.4 is 10.7 Å². The third kappa shape index (κ3) is 6.69. The van der Waals surface area contributed by atoms with Gasteiger partial charge in [0, 0.05) is 6.54 Å². The summed E-state index contributed by atoms with van der Waals surface area (Å²) >= 11 is 4.69. The third-order valence-corrected chi connectivity index (χ3v) is 0.984. The van der Waals surface area contributed by atoms with Crippen molar-refractivity contribution in [1.82, 2.24) is 10.7 Å². The molecule has 0 aromatic rings. The molecule has 0 radical (unpaired) electrons. The molecule has 0 saturated carbocycles. The first-order valence-electron chi connectivity index (χ1n) is 3.07. The molecule has 0 aliphatic rings. The number of carbonyl (C=O) groups is 1. The van der Waals surface area contributed by atoms with Gasteiger partial charge in [-0.2, -0.15) is 5.10 Å². The van der Waals surface area contributed by atoms with Crippen molar-refractivity contribution < 1.29 is 9.90 Å². The number of hydrazone groups is 1. The van der Waals surface area contributed by atoms with Crippen LogP contribution in [0.3, 0.4) is 0 Å². The van der Waals surface area contributed by atoms with Crippen molar-refractivity contribution in [1.29, 1.82) is 0 Å². The van der Waals surface area contributed by atoms with Crippen molar-refractivity contribution in [2.45, 2.75) is 0 Å². The lowest BCUT2D eigenvalue weighted by atomic mass is 10.6. The van der Waals surface area contributed by atoms with Crippen molar-refractivity contribution in [3.63, 3.8) is 0 Å². The number of hydrogen-bond donors (Lipinski definition) is 3. The molecule has 0 bridgehead atoms. The van der Waals surface area contributed by atoms with Gasteiger partial charge in [0.2, 0.25) is 0 Å². The molecule has 66 valence electrons. The Labute approximate surface area is 75.2 Å². The maximum atomic E-state index is 9.93. The van der Waals surface area contributed by atoms with Gasteiger partial charge in [0.1, 0.15) is 6.21 Å². The van der Waals surface area contributed by atoms with E-state index in [-0.39, 0.29) is 5.11 Å². The summed E-state index contributed by atoms with van der Waals surface area (Å²) in [5.41, 5.74) is 2.31. The topological polar surface area (TPSA) is 73.7 Å². The van der Waals surface area contributed by atoms with Crippen LogP contribution in [0.5, 0.6) is 0 Å². The van der Waals surface area contributed by atoms with Gasteiger partial charge in [-0.15, -0.1) is 6.58 Å². The summed E-state index contributed by atoms with van der Waals surface area (Å²) in [4.78, 5) is 9.93. The molecule has 0 aromatic carbocycles. The van der Waals surface area contributed by atoms with E-state index in [1.54, 1.807) is 6.08 Å². The van der Waals surface area contributed by atoms with Gasteiger partial charge in [-0.05, 0) is 12.2 Å². The minimum absolute atomic E-state index is 0.257. The number of hydrogen-bond acceptors (Lipinski definition) is 3. The number of nitrogens with zero attached hydrogens (tertiary/aromatic N) is 1. The fourth-order valence-electron chi connectivity index (χ4n) is 0.351. The number of aliphatic carboxylic acids is 1. The van der Waals surface area contributed by atoms with E-state index in [2.05, 4.69) is 22.4 Å². The fourth-order valence-corrected chi connectivity index (χ4v) is 0.487. The van der Waals surface area contributed by atoms with Crippen molar-refractivity contribution in [3.8, 4) is 0 Å². The average Bonchev–Trinajstić information content (AvgIpc) is 2.00. The first-order valence-corrected chi connectivity index (χ1v) is 3.48. The van der Waals surface area contributed by atoms with Crippen LogP contribution in [0.25, 0.3) is 0 Å². The lowest BCUT2D eigenvalue weighted by Crippen LogP contribution is -2.32. The molecule has 6 heteroatoms. The summed E-state index contributed by atoms with van der Waals surface area (Å²) in [6.45, 7) is 3.97. The number of carboxylic acids is 1. The Hall–Kier alpha value is -1.43. The van der Waals surface area contributed by atoms with Gasteiger partial charge in [0.15, 0.2) is 5.11 Å². The highest BCUT2D eigenvalue weighted by molar-refractivity contribution is 7.80. The Morgan fingerprint density at radius 2 is 2.42 bits per heavy atom. The van der Waals surface area contributed by atoms with E-state index in [0.29, 0.717) is 12.8 Å². The molecule has 0 heterocycles. The van der Waals surface area contributed by atoms with Gasteiger partial charge in [0.25, 0.3) is 0 Å². The van der Waals surface area contributed by atoms with E-state index in [9.17, 15) is 4.79 Å². The van der Waals surface area contributed by atoms with Gasteiger partial charge in [-0.25, -0.2) is 4.79 Å². The van der Waals surface area contributed by atoms with E-state index in [0.717, 1.165) is 0 Å². The maximum Gasteiger partial charge on any atom is 0.348 e. The molecule has 0 aromatic heterocycles. The zero-order valence-corrected chi connectivity index (χ0v) is 7.10. The van der Waals surface area contributed by atoms with Gasteiger partial charge in [-0.3, -0.25) is 5.43 Å². The predicted octanol–water partition coefficient (Wildman–Crippen LogP) is -0.293. The number of thiocarbonyl (C=S) groups is 1. The average molecular weight is 187 g/mol. The molecule has 0 saturated heterocycles. The van der Waals surface area contributed by atoms with Crippen LogP contribution >= 0.6 is 12.2 Å². The molecule has 0 aliphatic carbocycles. The fraction of sp³-hybridized carbons (Fsp3) is 0.167. The van der Waals surface area contributed by atoms with Crippen LogP contribution in [0.2, 0.25) is 0 Å². The predicted molar refractivity (Wildman–Crippen MR) is 50.1 cm³/mol. The summed E-state index contributed by atoms with van der Waals surface area (Å²) in [5, 5.41) is 14.4. The molecule has 0 spiro atoms. The Bertz CT molecular complexity index is 215. The van der Waals surface area contributed by atoms with Crippen LogP contribution in [0.15, 0.2) is 17.8 Å². The third-order valence-electron chi connectivity index (χ3n) is 0.748. The second-order valence-electron chi connectivity index (χ2n) is 1.71. The first-order chi connectivity index (χ1) is 5.66. The smallest absolute Gasteiger partial charge is 0.348 e. The van der Waals surface area contributed by atoms with Gasteiger partial charge < -0.3 is 10.4 Å². The highest BCUT2D eigenvalue weighted by atomic mass is 32.1. The molecular formula is C6H9N3O2S. The first kappa shape index (κ1) is 10.6. The molecule has 0 fully saturated rings. The molecule has 0 rings (SSSR count). The van der Waals surface area contributed by atoms with E-state index in [1.807, 2.05) is 0 Å². The second-order valence-corrected chi connectivity index (χ2v) is 2.12. The van der Waals surface area contributed by atoms with Crippen LogP contribution in [-0.2, 0) is 4.79 Å². The van der Waals surface area contributed by atoms with Crippen LogP contribution in [-0.4, -0.2) is 28.9 Å². The quantitative estimate of drug-likeness (QED) is 0.244. The zero-order chi connectivity index (χ0) is 9.40. The Balaban J connectivity index is 3.56. The molecule has 0 atom stereocenters. The monoisotopic (exact) mass is 187 g/mol. The van der Waals surface area contributed by atoms with Crippen LogP contribution in [0.4, 0.5) is 0 Å². The van der Waals surface area contributed by atoms with Crippen molar-refractivity contribution >= 4 is 29.5 Å². The molecule has 12 heavy (non-hydrogen) atoms. The van der Waals surface area contributed by atoms with Crippen LogP contribution in [0.1, 0.15) is 0 Å². The second kappa shape index (κ2) is 6.29. The summed E-state index contributed by atoms with van der Waals surface area (Å²) in [7, 11) is 0. The molecule has 3 N–H and O–H groups in total. The van der Waals surface area contributed by atoms with Gasteiger partial charge in [-0.1, -0.05) is 6.08 Å². The summed E-state index contributed by atoms with van der Waals surface area (Å²) in [5.74, 6) is -1.13. The number of rotatable bonds is 4. The molecular weight excluding hydrogens is 178 g/mol.